The molecule has 0 aliphatic rings. The van der Waals surface area contributed by atoms with Gasteiger partial charge in [0.25, 0.3) is 5.78 Å². The molecule has 0 amide bonds. The number of allylic oxidation sites excluding steroid dienone is 1. The third-order valence-corrected chi connectivity index (χ3v) is 1.60. The summed E-state index contributed by atoms with van der Waals surface area (Å²) in [7, 11) is 0. The number of carbonyl (C=O) groups excluding carboxylic acids is 1. The fourth-order valence-corrected chi connectivity index (χ4v) is 0.887. The van der Waals surface area contributed by atoms with Gasteiger partial charge in [0.15, 0.2) is 0 Å². The number of carbonyl (C=O) groups is 1. The first-order valence-electron chi connectivity index (χ1n) is 3.96. The Hall–Kier alpha value is -1.78. The minimum Gasteiger partial charge on any atom is -0.872 e. The van der Waals surface area contributed by atoms with Crippen molar-refractivity contribution in [2.24, 2.45) is 0 Å². The summed E-state index contributed by atoms with van der Waals surface area (Å²) in [5.41, 5.74) is 0.0510. The Bertz CT molecular complexity index is 379. The van der Waals surface area contributed by atoms with Gasteiger partial charge in [-0.05, 0) is 11.6 Å². The summed E-state index contributed by atoms with van der Waals surface area (Å²) < 4.78 is 35.4. The standard InChI is InChI=1S/C10H7F3O2/c11-10(12,13)9(15)6-8(14)7-4-2-1-3-5-7/h1-6,14H/p-1/b8-6-. The van der Waals surface area contributed by atoms with Crippen LogP contribution in [0.1, 0.15) is 5.56 Å². The first kappa shape index (κ1) is 11.3. The molecule has 0 saturated heterocycles. The zero-order valence-electron chi connectivity index (χ0n) is 7.41. The summed E-state index contributed by atoms with van der Waals surface area (Å²) in [5.74, 6) is -3.09. The molecule has 0 aliphatic carbocycles. The Labute approximate surface area is 83.7 Å². The molecule has 1 aromatic rings. The van der Waals surface area contributed by atoms with Crippen molar-refractivity contribution in [3.8, 4) is 0 Å². The molecular weight excluding hydrogens is 209 g/mol. The highest BCUT2D eigenvalue weighted by molar-refractivity contribution is 5.98. The van der Waals surface area contributed by atoms with Gasteiger partial charge < -0.3 is 5.11 Å². The number of benzene rings is 1. The molecule has 0 saturated carbocycles. The van der Waals surface area contributed by atoms with Gasteiger partial charge in [-0.2, -0.15) is 13.2 Å². The molecule has 0 N–H and O–H groups in total. The van der Waals surface area contributed by atoms with Crippen LogP contribution in [0, 0.1) is 0 Å². The first-order chi connectivity index (χ1) is 6.91. The third-order valence-electron chi connectivity index (χ3n) is 1.60. The maximum Gasteiger partial charge on any atom is 0.454 e. The number of ketones is 1. The van der Waals surface area contributed by atoms with E-state index in [0.29, 0.717) is 0 Å². The van der Waals surface area contributed by atoms with Crippen LogP contribution in [-0.2, 0) is 4.79 Å². The summed E-state index contributed by atoms with van der Waals surface area (Å²) in [4.78, 5) is 10.4. The van der Waals surface area contributed by atoms with E-state index in [1.54, 1.807) is 6.07 Å². The summed E-state index contributed by atoms with van der Waals surface area (Å²) in [6, 6.07) is 7.28. The van der Waals surface area contributed by atoms with Crippen LogP contribution in [0.2, 0.25) is 0 Å². The largest absolute Gasteiger partial charge is 0.872 e. The highest BCUT2D eigenvalue weighted by Gasteiger charge is 2.36. The van der Waals surface area contributed by atoms with Crippen molar-refractivity contribution in [2.75, 3.05) is 0 Å². The van der Waals surface area contributed by atoms with Crippen molar-refractivity contribution in [1.29, 1.82) is 0 Å². The van der Waals surface area contributed by atoms with E-state index in [9.17, 15) is 23.1 Å². The zero-order chi connectivity index (χ0) is 11.5. The lowest BCUT2D eigenvalue weighted by molar-refractivity contribution is -0.244. The van der Waals surface area contributed by atoms with Gasteiger partial charge >= 0.3 is 6.18 Å². The van der Waals surface area contributed by atoms with Gasteiger partial charge in [-0.1, -0.05) is 36.1 Å². The van der Waals surface area contributed by atoms with Crippen LogP contribution in [0.25, 0.3) is 5.76 Å². The Morgan fingerprint density at radius 3 is 2.20 bits per heavy atom. The molecule has 80 valence electrons. The van der Waals surface area contributed by atoms with E-state index in [-0.39, 0.29) is 11.6 Å². The van der Waals surface area contributed by atoms with Crippen LogP contribution in [0.15, 0.2) is 36.4 Å². The van der Waals surface area contributed by atoms with E-state index in [2.05, 4.69) is 0 Å². The zero-order valence-corrected chi connectivity index (χ0v) is 7.41. The van der Waals surface area contributed by atoms with Crippen molar-refractivity contribution < 1.29 is 23.1 Å². The molecule has 0 radical (unpaired) electrons. The van der Waals surface area contributed by atoms with Crippen molar-refractivity contribution in [3.63, 3.8) is 0 Å². The molecule has 2 nitrogen and oxygen atoms in total. The van der Waals surface area contributed by atoms with Crippen LogP contribution in [0.3, 0.4) is 0 Å². The number of halogens is 3. The van der Waals surface area contributed by atoms with Crippen molar-refractivity contribution in [1.82, 2.24) is 0 Å². The molecule has 5 heteroatoms. The lowest BCUT2D eigenvalue weighted by Crippen LogP contribution is -2.21. The SMILES string of the molecule is O=C(/C=C(\[O-])c1ccccc1)C(F)(F)F. The minimum atomic E-state index is -5.00. The van der Waals surface area contributed by atoms with E-state index in [4.69, 9.17) is 0 Å². The second kappa shape index (κ2) is 4.16. The number of hydrogen-bond acceptors (Lipinski definition) is 2. The average Bonchev–Trinajstić information content (AvgIpc) is 2.17. The molecule has 0 heterocycles. The van der Waals surface area contributed by atoms with E-state index in [1.807, 2.05) is 0 Å². The van der Waals surface area contributed by atoms with Gasteiger partial charge in [-0.25, -0.2) is 0 Å². The topological polar surface area (TPSA) is 40.1 Å². The van der Waals surface area contributed by atoms with Crippen molar-refractivity contribution in [2.45, 2.75) is 6.18 Å². The molecule has 0 spiro atoms. The van der Waals surface area contributed by atoms with Gasteiger partial charge in [0.1, 0.15) is 0 Å². The smallest absolute Gasteiger partial charge is 0.454 e. The summed E-state index contributed by atoms with van der Waals surface area (Å²) in [6.07, 6.45) is -4.94. The van der Waals surface area contributed by atoms with E-state index >= 15 is 0 Å². The fourth-order valence-electron chi connectivity index (χ4n) is 0.887. The monoisotopic (exact) mass is 215 g/mol. The summed E-state index contributed by atoms with van der Waals surface area (Å²) in [6.45, 7) is 0. The quantitative estimate of drug-likeness (QED) is 0.554. The fraction of sp³-hybridized carbons (Fsp3) is 0.100. The Kier molecular flexibility index (Phi) is 3.14. The van der Waals surface area contributed by atoms with Crippen LogP contribution >= 0.6 is 0 Å². The molecule has 15 heavy (non-hydrogen) atoms. The highest BCUT2D eigenvalue weighted by atomic mass is 19.4. The molecule has 1 aromatic carbocycles. The molecule has 0 unspecified atom stereocenters. The summed E-state index contributed by atoms with van der Waals surface area (Å²) in [5, 5.41) is 11.1. The third kappa shape index (κ3) is 3.12. The van der Waals surface area contributed by atoms with Crippen molar-refractivity contribution >= 4 is 11.5 Å². The Morgan fingerprint density at radius 2 is 1.73 bits per heavy atom. The van der Waals surface area contributed by atoms with Gasteiger partial charge in [-0.15, -0.1) is 0 Å². The van der Waals surface area contributed by atoms with E-state index < -0.39 is 17.7 Å². The Balaban J connectivity index is 2.91. The summed E-state index contributed by atoms with van der Waals surface area (Å²) >= 11 is 0. The number of alkyl halides is 3. The number of hydrogen-bond donors (Lipinski definition) is 0. The minimum absolute atomic E-state index is 0.0509. The van der Waals surface area contributed by atoms with Gasteiger partial charge in [0, 0.05) is 0 Å². The molecule has 0 fully saturated rings. The first-order valence-corrected chi connectivity index (χ1v) is 3.96. The molecule has 0 bridgehead atoms. The second-order valence-electron chi connectivity index (χ2n) is 2.74. The second-order valence-corrected chi connectivity index (χ2v) is 2.74. The molecule has 1 rings (SSSR count). The average molecular weight is 215 g/mol. The maximum absolute atomic E-state index is 11.8. The van der Waals surface area contributed by atoms with Crippen LogP contribution in [0.5, 0.6) is 0 Å². The van der Waals surface area contributed by atoms with Gasteiger partial charge in [0.2, 0.25) is 0 Å². The predicted octanol–water partition coefficient (Wildman–Crippen LogP) is 1.52. The van der Waals surface area contributed by atoms with Crippen molar-refractivity contribution in [3.05, 3.63) is 42.0 Å². The molecule has 0 atom stereocenters. The van der Waals surface area contributed by atoms with Gasteiger partial charge in [-0.3, -0.25) is 4.79 Å². The Morgan fingerprint density at radius 1 is 1.20 bits per heavy atom. The van der Waals surface area contributed by atoms with E-state index in [1.165, 1.54) is 24.3 Å². The lowest BCUT2D eigenvalue weighted by atomic mass is 10.1. The van der Waals surface area contributed by atoms with Gasteiger partial charge in [0.05, 0.1) is 0 Å². The van der Waals surface area contributed by atoms with Crippen LogP contribution in [0.4, 0.5) is 13.2 Å². The van der Waals surface area contributed by atoms with Crippen LogP contribution in [-0.4, -0.2) is 12.0 Å². The highest BCUT2D eigenvalue weighted by Crippen LogP contribution is 2.18. The van der Waals surface area contributed by atoms with Crippen LogP contribution < -0.4 is 5.11 Å². The normalized spacial score (nSPS) is 12.6. The molecule has 0 aromatic heterocycles. The molecular formula is C10H6F3O2-. The number of rotatable bonds is 2. The lowest BCUT2D eigenvalue weighted by Gasteiger charge is -2.12. The maximum atomic E-state index is 11.8. The predicted molar refractivity (Wildman–Crippen MR) is 45.5 cm³/mol. The molecule has 0 aliphatic heterocycles. The van der Waals surface area contributed by atoms with E-state index in [0.717, 1.165) is 0 Å².